The van der Waals surface area contributed by atoms with Crippen molar-refractivity contribution in [2.24, 2.45) is 0 Å². The largest absolute Gasteiger partial charge is 0.497 e. The zero-order chi connectivity index (χ0) is 17.3. The predicted molar refractivity (Wildman–Crippen MR) is 87.4 cm³/mol. The predicted octanol–water partition coefficient (Wildman–Crippen LogP) is 3.09. The molecular formula is C18H17NO5. The number of Topliss-reactive ketones (excluding diaryl/α,β-unsaturated/α-hetero) is 1. The average molecular weight is 327 g/mol. The second-order valence-electron chi connectivity index (χ2n) is 5.88. The third kappa shape index (κ3) is 2.60. The van der Waals surface area contributed by atoms with Gasteiger partial charge >= 0.3 is 0 Å². The summed E-state index contributed by atoms with van der Waals surface area (Å²) in [5.74, 6) is 0.164. The van der Waals surface area contributed by atoms with E-state index in [0.29, 0.717) is 22.6 Å². The lowest BCUT2D eigenvalue weighted by Gasteiger charge is -2.30. The van der Waals surface area contributed by atoms with Crippen LogP contribution in [-0.2, 0) is 0 Å². The van der Waals surface area contributed by atoms with Crippen molar-refractivity contribution >= 4 is 5.78 Å². The van der Waals surface area contributed by atoms with Crippen LogP contribution in [0, 0.1) is 10.1 Å². The summed E-state index contributed by atoms with van der Waals surface area (Å²) in [5, 5.41) is 11.2. The van der Waals surface area contributed by atoms with Gasteiger partial charge in [0.2, 0.25) is 12.3 Å². The van der Waals surface area contributed by atoms with Crippen molar-refractivity contribution < 1.29 is 19.2 Å². The highest BCUT2D eigenvalue weighted by Crippen LogP contribution is 2.43. The fourth-order valence-corrected chi connectivity index (χ4v) is 3.10. The number of benzene rings is 2. The van der Waals surface area contributed by atoms with Crippen LogP contribution in [0.1, 0.15) is 28.8 Å². The molecule has 0 fully saturated rings. The van der Waals surface area contributed by atoms with E-state index < -0.39 is 23.0 Å². The molecule has 0 N–H and O–H groups in total. The number of carbonyl (C=O) groups is 1. The first-order valence-corrected chi connectivity index (χ1v) is 7.54. The number of rotatable bonds is 5. The quantitative estimate of drug-likeness (QED) is 0.623. The summed E-state index contributed by atoms with van der Waals surface area (Å²) in [6.45, 7) is 1.22. The van der Waals surface area contributed by atoms with Crippen molar-refractivity contribution in [1.29, 1.82) is 0 Å². The number of ether oxygens (including phenoxy) is 2. The number of ketones is 1. The molecule has 0 bridgehead atoms. The van der Waals surface area contributed by atoms with Crippen LogP contribution < -0.4 is 9.47 Å². The molecule has 0 unspecified atom stereocenters. The monoisotopic (exact) mass is 327 g/mol. The Hall–Kier alpha value is -2.89. The molecule has 0 aliphatic carbocycles. The summed E-state index contributed by atoms with van der Waals surface area (Å²) >= 11 is 0. The first-order valence-electron chi connectivity index (χ1n) is 7.54. The van der Waals surface area contributed by atoms with Gasteiger partial charge in [0.1, 0.15) is 11.5 Å². The van der Waals surface area contributed by atoms with Crippen molar-refractivity contribution in [2.75, 3.05) is 13.7 Å². The van der Waals surface area contributed by atoms with E-state index in [0.717, 1.165) is 0 Å². The van der Waals surface area contributed by atoms with Crippen LogP contribution in [0.3, 0.4) is 0 Å². The maximum atomic E-state index is 12.9. The zero-order valence-corrected chi connectivity index (χ0v) is 13.4. The number of methoxy groups -OCH3 is 1. The highest BCUT2D eigenvalue weighted by molar-refractivity contribution is 6.07. The van der Waals surface area contributed by atoms with Gasteiger partial charge in [-0.3, -0.25) is 14.9 Å². The Bertz CT molecular complexity index is 786. The summed E-state index contributed by atoms with van der Waals surface area (Å²) in [6, 6.07) is 13.8. The van der Waals surface area contributed by atoms with Gasteiger partial charge in [0.05, 0.1) is 18.6 Å². The van der Waals surface area contributed by atoms with Gasteiger partial charge in [-0.15, -0.1) is 0 Å². The first kappa shape index (κ1) is 16.0. The molecule has 1 heterocycles. The van der Waals surface area contributed by atoms with E-state index in [1.807, 2.05) is 0 Å². The SMILES string of the molecule is COc1ccc([C@@H](C[N+](=O)[O-])[C@]2(C)Oc3ccccc3C2=O)cc1. The molecule has 124 valence electrons. The number of para-hydroxylation sites is 1. The second-order valence-corrected chi connectivity index (χ2v) is 5.88. The van der Waals surface area contributed by atoms with Crippen molar-refractivity contribution in [1.82, 2.24) is 0 Å². The van der Waals surface area contributed by atoms with E-state index in [1.54, 1.807) is 62.6 Å². The molecule has 1 aliphatic rings. The Balaban J connectivity index is 2.03. The van der Waals surface area contributed by atoms with E-state index in [-0.39, 0.29) is 5.78 Å². The lowest BCUT2D eigenvalue weighted by molar-refractivity contribution is -0.485. The van der Waals surface area contributed by atoms with Crippen molar-refractivity contribution in [3.63, 3.8) is 0 Å². The van der Waals surface area contributed by atoms with Gasteiger partial charge in [-0.05, 0) is 36.8 Å². The zero-order valence-electron chi connectivity index (χ0n) is 13.4. The molecule has 0 aromatic heterocycles. The molecule has 1 aliphatic heterocycles. The maximum absolute atomic E-state index is 12.9. The van der Waals surface area contributed by atoms with Crippen LogP contribution in [0.4, 0.5) is 0 Å². The van der Waals surface area contributed by atoms with Gasteiger partial charge in [-0.2, -0.15) is 0 Å². The average Bonchev–Trinajstić information content (AvgIpc) is 2.85. The lowest BCUT2D eigenvalue weighted by Crippen LogP contribution is -2.45. The van der Waals surface area contributed by atoms with E-state index in [4.69, 9.17) is 9.47 Å². The molecule has 6 nitrogen and oxygen atoms in total. The minimum atomic E-state index is -1.31. The summed E-state index contributed by atoms with van der Waals surface area (Å²) in [7, 11) is 1.55. The fourth-order valence-electron chi connectivity index (χ4n) is 3.10. The minimum absolute atomic E-state index is 0.235. The fraction of sp³-hybridized carbons (Fsp3) is 0.278. The smallest absolute Gasteiger partial charge is 0.215 e. The molecule has 0 spiro atoms. The third-order valence-electron chi connectivity index (χ3n) is 4.42. The van der Waals surface area contributed by atoms with Crippen LogP contribution in [0.15, 0.2) is 48.5 Å². The summed E-state index contributed by atoms with van der Waals surface area (Å²) in [4.78, 5) is 23.6. The second kappa shape index (κ2) is 5.96. The van der Waals surface area contributed by atoms with Crippen LogP contribution in [-0.4, -0.2) is 30.0 Å². The number of hydrogen-bond acceptors (Lipinski definition) is 5. The van der Waals surface area contributed by atoms with Crippen LogP contribution in [0.25, 0.3) is 0 Å². The topological polar surface area (TPSA) is 78.7 Å². The van der Waals surface area contributed by atoms with Crippen LogP contribution in [0.2, 0.25) is 0 Å². The number of nitrogens with zero attached hydrogens (tertiary/aromatic N) is 1. The van der Waals surface area contributed by atoms with Crippen molar-refractivity contribution in [2.45, 2.75) is 18.4 Å². The molecule has 0 saturated heterocycles. The first-order chi connectivity index (χ1) is 11.5. The highest BCUT2D eigenvalue weighted by Gasteiger charge is 2.52. The number of fused-ring (bicyclic) bond motifs is 1. The van der Waals surface area contributed by atoms with Crippen molar-refractivity contribution in [3.05, 3.63) is 69.8 Å². The standard InChI is InChI=1S/C18H17NO5/c1-18(17(20)14-5-3-4-6-16(14)24-18)15(11-19(21)22)12-7-9-13(23-2)10-8-12/h3-10,15H,11H2,1-2H3/t15-,18+/m1/s1. The molecule has 2 atom stereocenters. The summed E-state index contributed by atoms with van der Waals surface area (Å²) in [6.07, 6.45) is 0. The van der Waals surface area contributed by atoms with Gasteiger partial charge in [-0.1, -0.05) is 24.3 Å². The minimum Gasteiger partial charge on any atom is -0.497 e. The Morgan fingerprint density at radius 2 is 1.88 bits per heavy atom. The van der Waals surface area contributed by atoms with Gasteiger partial charge in [-0.25, -0.2) is 0 Å². The number of nitro groups is 1. The molecule has 0 amide bonds. The van der Waals surface area contributed by atoms with E-state index in [9.17, 15) is 14.9 Å². The maximum Gasteiger partial charge on any atom is 0.215 e. The molecule has 3 rings (SSSR count). The molecule has 6 heteroatoms. The van der Waals surface area contributed by atoms with Gasteiger partial charge in [0.15, 0.2) is 5.60 Å². The van der Waals surface area contributed by atoms with Crippen LogP contribution >= 0.6 is 0 Å². The van der Waals surface area contributed by atoms with E-state index in [2.05, 4.69) is 0 Å². The lowest BCUT2D eigenvalue weighted by atomic mass is 9.79. The normalized spacial score (nSPS) is 20.2. The Kier molecular flexibility index (Phi) is 3.97. The molecule has 24 heavy (non-hydrogen) atoms. The molecule has 0 radical (unpaired) electrons. The van der Waals surface area contributed by atoms with E-state index in [1.165, 1.54) is 0 Å². The van der Waals surface area contributed by atoms with Gasteiger partial charge in [0.25, 0.3) is 0 Å². The summed E-state index contributed by atoms with van der Waals surface area (Å²) in [5.41, 5.74) is -0.191. The Labute approximate surface area is 139 Å². The van der Waals surface area contributed by atoms with Crippen LogP contribution in [0.5, 0.6) is 11.5 Å². The molecule has 2 aromatic carbocycles. The molecule has 0 saturated carbocycles. The number of hydrogen-bond donors (Lipinski definition) is 0. The van der Waals surface area contributed by atoms with Crippen molar-refractivity contribution in [3.8, 4) is 11.5 Å². The van der Waals surface area contributed by atoms with Gasteiger partial charge < -0.3 is 9.47 Å². The molecule has 2 aromatic rings. The Morgan fingerprint density at radius 3 is 2.46 bits per heavy atom. The van der Waals surface area contributed by atoms with E-state index >= 15 is 0 Å². The highest BCUT2D eigenvalue weighted by atomic mass is 16.6. The Morgan fingerprint density at radius 1 is 1.21 bits per heavy atom. The number of carbonyl (C=O) groups excluding carboxylic acids is 1. The molecular weight excluding hydrogens is 310 g/mol. The third-order valence-corrected chi connectivity index (χ3v) is 4.42. The summed E-state index contributed by atoms with van der Waals surface area (Å²) < 4.78 is 11.0. The van der Waals surface area contributed by atoms with Gasteiger partial charge in [0, 0.05) is 4.92 Å².